The molecule has 0 unspecified atom stereocenters. The summed E-state index contributed by atoms with van der Waals surface area (Å²) in [6.07, 6.45) is -4.22. The second-order valence-corrected chi connectivity index (χ2v) is 4.63. The molecule has 1 aliphatic carbocycles. The lowest BCUT2D eigenvalue weighted by molar-refractivity contribution is -0.151. The number of halogens is 5. The Morgan fingerprint density at radius 1 is 0.944 bits per heavy atom. The van der Waals surface area contributed by atoms with Crippen LogP contribution in [0.15, 0.2) is 24.3 Å². The van der Waals surface area contributed by atoms with Crippen molar-refractivity contribution in [3.8, 4) is 0 Å². The lowest BCUT2D eigenvalue weighted by Gasteiger charge is -2.44. The van der Waals surface area contributed by atoms with Gasteiger partial charge in [0.05, 0.1) is 11.1 Å². The SMILES string of the molecule is NC1(C(F)(F)c2ccccc2C(F)(F)F)CCC1. The zero-order valence-electron chi connectivity index (χ0n) is 9.40. The van der Waals surface area contributed by atoms with E-state index in [9.17, 15) is 22.0 Å². The Bertz CT molecular complexity index is 448. The Labute approximate surface area is 101 Å². The van der Waals surface area contributed by atoms with Gasteiger partial charge in [-0.2, -0.15) is 22.0 Å². The summed E-state index contributed by atoms with van der Waals surface area (Å²) < 4.78 is 66.4. The molecule has 100 valence electrons. The predicted molar refractivity (Wildman–Crippen MR) is 56.1 cm³/mol. The van der Waals surface area contributed by atoms with Gasteiger partial charge in [0, 0.05) is 5.56 Å². The second-order valence-electron chi connectivity index (χ2n) is 4.63. The van der Waals surface area contributed by atoms with E-state index < -0.39 is 28.8 Å². The van der Waals surface area contributed by atoms with E-state index in [1.165, 1.54) is 6.07 Å². The van der Waals surface area contributed by atoms with E-state index >= 15 is 0 Å². The van der Waals surface area contributed by atoms with Crippen molar-refractivity contribution < 1.29 is 22.0 Å². The minimum atomic E-state index is -4.81. The molecule has 2 N–H and O–H groups in total. The van der Waals surface area contributed by atoms with E-state index in [0.717, 1.165) is 12.1 Å². The number of nitrogens with two attached hydrogens (primary N) is 1. The molecule has 0 radical (unpaired) electrons. The van der Waals surface area contributed by atoms with Crippen molar-refractivity contribution in [2.75, 3.05) is 0 Å². The minimum Gasteiger partial charge on any atom is -0.320 e. The van der Waals surface area contributed by atoms with E-state index in [0.29, 0.717) is 12.5 Å². The Hall–Kier alpha value is -1.17. The van der Waals surface area contributed by atoms with Crippen molar-refractivity contribution in [3.63, 3.8) is 0 Å². The average Bonchev–Trinajstić information content (AvgIpc) is 2.24. The fourth-order valence-corrected chi connectivity index (χ4v) is 2.14. The van der Waals surface area contributed by atoms with E-state index in [1.54, 1.807) is 0 Å². The lowest BCUT2D eigenvalue weighted by Crippen LogP contribution is -2.59. The number of hydrogen-bond acceptors (Lipinski definition) is 1. The fourth-order valence-electron chi connectivity index (χ4n) is 2.14. The highest BCUT2D eigenvalue weighted by Crippen LogP contribution is 2.51. The molecule has 0 atom stereocenters. The van der Waals surface area contributed by atoms with Crippen LogP contribution in [-0.2, 0) is 12.1 Å². The zero-order valence-corrected chi connectivity index (χ0v) is 9.40. The Morgan fingerprint density at radius 3 is 1.83 bits per heavy atom. The summed E-state index contributed by atoms with van der Waals surface area (Å²) in [6, 6.07) is 3.72. The molecule has 1 fully saturated rings. The molecule has 18 heavy (non-hydrogen) atoms. The quantitative estimate of drug-likeness (QED) is 0.811. The van der Waals surface area contributed by atoms with E-state index in [2.05, 4.69) is 0 Å². The normalized spacial score (nSPS) is 19.4. The van der Waals surface area contributed by atoms with Gasteiger partial charge in [0.25, 0.3) is 5.92 Å². The van der Waals surface area contributed by atoms with Crippen molar-refractivity contribution in [2.24, 2.45) is 5.73 Å². The monoisotopic (exact) mass is 265 g/mol. The third kappa shape index (κ3) is 1.88. The molecule has 1 nitrogen and oxygen atoms in total. The Balaban J connectivity index is 2.51. The lowest BCUT2D eigenvalue weighted by atomic mass is 9.70. The largest absolute Gasteiger partial charge is 0.416 e. The Morgan fingerprint density at radius 2 is 1.44 bits per heavy atom. The van der Waals surface area contributed by atoms with Crippen LogP contribution in [-0.4, -0.2) is 5.54 Å². The van der Waals surface area contributed by atoms with Gasteiger partial charge in [-0.3, -0.25) is 0 Å². The van der Waals surface area contributed by atoms with Crippen LogP contribution in [0, 0.1) is 0 Å². The standard InChI is InChI=1S/C12H12F5N/c13-11(14,10(18)6-3-7-10)8-4-1-2-5-9(8)12(15,16)17/h1-2,4-5H,3,6-7,18H2. The summed E-state index contributed by atoms with van der Waals surface area (Å²) in [5, 5.41) is 0. The molecule has 1 aromatic carbocycles. The zero-order chi connectivity index (χ0) is 13.6. The molecule has 0 bridgehead atoms. The molecule has 1 aromatic rings. The van der Waals surface area contributed by atoms with E-state index in [1.807, 2.05) is 0 Å². The Kier molecular flexibility index (Phi) is 2.88. The molecule has 0 saturated heterocycles. The second kappa shape index (κ2) is 3.91. The summed E-state index contributed by atoms with van der Waals surface area (Å²) in [5.41, 5.74) is 1.31. The van der Waals surface area contributed by atoms with Crippen LogP contribution >= 0.6 is 0 Å². The van der Waals surface area contributed by atoms with Crippen LogP contribution in [0.5, 0.6) is 0 Å². The molecule has 0 aliphatic heterocycles. The number of benzene rings is 1. The average molecular weight is 265 g/mol. The van der Waals surface area contributed by atoms with Gasteiger partial charge in [-0.1, -0.05) is 18.2 Å². The topological polar surface area (TPSA) is 26.0 Å². The molecule has 0 amide bonds. The summed E-state index contributed by atoms with van der Waals surface area (Å²) in [7, 11) is 0. The first-order valence-corrected chi connectivity index (χ1v) is 5.52. The predicted octanol–water partition coefficient (Wildman–Crippen LogP) is 3.68. The summed E-state index contributed by atoms with van der Waals surface area (Å²) in [6.45, 7) is 0. The van der Waals surface area contributed by atoms with Crippen LogP contribution in [0.1, 0.15) is 30.4 Å². The number of hydrogen-bond donors (Lipinski definition) is 1. The minimum absolute atomic E-state index is 0.0339. The first-order chi connectivity index (χ1) is 8.18. The van der Waals surface area contributed by atoms with Gasteiger partial charge in [-0.25, -0.2) is 0 Å². The van der Waals surface area contributed by atoms with Crippen molar-refractivity contribution >= 4 is 0 Å². The third-order valence-corrected chi connectivity index (χ3v) is 3.44. The fraction of sp³-hybridized carbons (Fsp3) is 0.500. The summed E-state index contributed by atoms with van der Waals surface area (Å²) in [5.74, 6) is -3.67. The van der Waals surface area contributed by atoms with Crippen molar-refractivity contribution in [3.05, 3.63) is 35.4 Å². The van der Waals surface area contributed by atoms with Crippen LogP contribution in [0.4, 0.5) is 22.0 Å². The highest BCUT2D eigenvalue weighted by atomic mass is 19.4. The van der Waals surface area contributed by atoms with Gasteiger partial charge in [0.15, 0.2) is 0 Å². The third-order valence-electron chi connectivity index (χ3n) is 3.44. The molecule has 0 aromatic heterocycles. The van der Waals surface area contributed by atoms with Crippen LogP contribution in [0.25, 0.3) is 0 Å². The maximum atomic E-state index is 14.2. The molecular formula is C12H12F5N. The molecule has 0 heterocycles. The van der Waals surface area contributed by atoms with Gasteiger partial charge >= 0.3 is 6.18 Å². The molecule has 1 aliphatic rings. The maximum Gasteiger partial charge on any atom is 0.416 e. The van der Waals surface area contributed by atoms with Crippen LogP contribution in [0.2, 0.25) is 0 Å². The summed E-state index contributed by atoms with van der Waals surface area (Å²) >= 11 is 0. The van der Waals surface area contributed by atoms with Crippen molar-refractivity contribution in [1.29, 1.82) is 0 Å². The first kappa shape index (κ1) is 13.3. The van der Waals surface area contributed by atoms with Gasteiger partial charge in [0.1, 0.15) is 0 Å². The molecule has 2 rings (SSSR count). The van der Waals surface area contributed by atoms with Crippen LogP contribution in [0.3, 0.4) is 0 Å². The summed E-state index contributed by atoms with van der Waals surface area (Å²) in [4.78, 5) is 0. The van der Waals surface area contributed by atoms with Crippen molar-refractivity contribution in [1.82, 2.24) is 0 Å². The molecular weight excluding hydrogens is 253 g/mol. The van der Waals surface area contributed by atoms with Gasteiger partial charge < -0.3 is 5.73 Å². The highest BCUT2D eigenvalue weighted by molar-refractivity contribution is 5.36. The molecule has 0 spiro atoms. The van der Waals surface area contributed by atoms with E-state index in [-0.39, 0.29) is 12.8 Å². The highest BCUT2D eigenvalue weighted by Gasteiger charge is 2.57. The number of rotatable bonds is 2. The van der Waals surface area contributed by atoms with Crippen LogP contribution < -0.4 is 5.73 Å². The van der Waals surface area contributed by atoms with E-state index in [4.69, 9.17) is 5.73 Å². The van der Waals surface area contributed by atoms with Gasteiger partial charge in [-0.05, 0) is 25.3 Å². The first-order valence-electron chi connectivity index (χ1n) is 5.52. The van der Waals surface area contributed by atoms with Gasteiger partial charge in [-0.15, -0.1) is 0 Å². The van der Waals surface area contributed by atoms with Gasteiger partial charge in [0.2, 0.25) is 0 Å². The molecule has 6 heteroatoms. The van der Waals surface area contributed by atoms with Crippen molar-refractivity contribution in [2.45, 2.75) is 36.9 Å². The molecule has 1 saturated carbocycles. The smallest absolute Gasteiger partial charge is 0.320 e. The number of alkyl halides is 5. The maximum absolute atomic E-state index is 14.2.